The Morgan fingerprint density at radius 1 is 1.22 bits per heavy atom. The van der Waals surface area contributed by atoms with E-state index in [1.54, 1.807) is 31.4 Å². The number of carbonyl (C=O) groups excluding carboxylic acids is 1. The monoisotopic (exact) mass is 486 g/mol. The lowest BCUT2D eigenvalue weighted by Crippen LogP contribution is -2.38. The van der Waals surface area contributed by atoms with Gasteiger partial charge in [-0.25, -0.2) is 13.1 Å². The van der Waals surface area contributed by atoms with Crippen molar-refractivity contribution in [1.82, 2.24) is 19.4 Å². The van der Waals surface area contributed by atoms with Crippen molar-refractivity contribution in [3.63, 3.8) is 0 Å². The molecule has 3 rings (SSSR count). The van der Waals surface area contributed by atoms with Crippen LogP contribution in [0.15, 0.2) is 46.0 Å². The Morgan fingerprint density at radius 2 is 1.94 bits per heavy atom. The molecule has 0 saturated heterocycles. The van der Waals surface area contributed by atoms with E-state index in [4.69, 9.17) is 0 Å². The summed E-state index contributed by atoms with van der Waals surface area (Å²) in [4.78, 5) is 12.2. The van der Waals surface area contributed by atoms with Gasteiger partial charge in [0.05, 0.1) is 23.5 Å². The third-order valence-corrected chi connectivity index (χ3v) is 7.83. The van der Waals surface area contributed by atoms with Gasteiger partial charge in [0, 0.05) is 19.3 Å². The van der Waals surface area contributed by atoms with Crippen molar-refractivity contribution < 1.29 is 26.4 Å². The van der Waals surface area contributed by atoms with Crippen molar-refractivity contribution >= 4 is 27.3 Å². The summed E-state index contributed by atoms with van der Waals surface area (Å²) in [6.45, 7) is 2.55. The highest BCUT2D eigenvalue weighted by Gasteiger charge is 2.34. The number of halogens is 3. The van der Waals surface area contributed by atoms with Crippen molar-refractivity contribution in [1.29, 1.82) is 0 Å². The van der Waals surface area contributed by atoms with Crippen LogP contribution in [-0.2, 0) is 27.5 Å². The predicted octanol–water partition coefficient (Wildman–Crippen LogP) is 3.51. The molecule has 2 heterocycles. The molecule has 0 spiro atoms. The average molecular weight is 487 g/mol. The summed E-state index contributed by atoms with van der Waals surface area (Å²) in [5, 5.41) is 8.17. The van der Waals surface area contributed by atoms with E-state index in [9.17, 15) is 26.4 Å². The van der Waals surface area contributed by atoms with Crippen molar-refractivity contribution in [2.75, 3.05) is 13.6 Å². The molecule has 7 nitrogen and oxygen atoms in total. The van der Waals surface area contributed by atoms with Gasteiger partial charge >= 0.3 is 6.18 Å². The zero-order chi connectivity index (χ0) is 23.7. The first-order valence-corrected chi connectivity index (χ1v) is 11.7. The van der Waals surface area contributed by atoms with Crippen molar-refractivity contribution in [3.8, 4) is 5.69 Å². The van der Waals surface area contributed by atoms with Crippen molar-refractivity contribution in [3.05, 3.63) is 64.3 Å². The first-order valence-electron chi connectivity index (χ1n) is 9.40. The zero-order valence-corrected chi connectivity index (χ0v) is 19.1. The number of rotatable bonds is 7. The minimum Gasteiger partial charge on any atom is -0.351 e. The Bertz CT molecular complexity index is 1220. The van der Waals surface area contributed by atoms with Crippen LogP contribution in [0.2, 0.25) is 0 Å². The van der Waals surface area contributed by atoms with Gasteiger partial charge in [-0.15, -0.1) is 11.3 Å². The molecule has 0 atom stereocenters. The molecular weight excluding hydrogens is 465 g/mol. The molecule has 0 aliphatic carbocycles. The minimum absolute atomic E-state index is 0.0758. The summed E-state index contributed by atoms with van der Waals surface area (Å²) in [5.41, 5.74) is 0.572. The second-order valence-electron chi connectivity index (χ2n) is 7.15. The Morgan fingerprint density at radius 3 is 2.50 bits per heavy atom. The van der Waals surface area contributed by atoms with Crippen LogP contribution in [0, 0.1) is 13.8 Å². The molecule has 32 heavy (non-hydrogen) atoms. The second-order valence-corrected chi connectivity index (χ2v) is 10.4. The molecule has 2 aromatic heterocycles. The number of hydrogen-bond donors (Lipinski definition) is 1. The Kier molecular flexibility index (Phi) is 6.77. The highest BCUT2D eigenvalue weighted by molar-refractivity contribution is 7.91. The highest BCUT2D eigenvalue weighted by Crippen LogP contribution is 2.33. The van der Waals surface area contributed by atoms with E-state index in [1.165, 1.54) is 29.9 Å². The summed E-state index contributed by atoms with van der Waals surface area (Å²) < 4.78 is 68.1. The number of likely N-dealkylation sites (N-methyl/N-ethyl adjacent to an activating group) is 1. The third-order valence-electron chi connectivity index (χ3n) is 4.65. The van der Waals surface area contributed by atoms with E-state index in [-0.39, 0.29) is 15.5 Å². The number of thiophene rings is 1. The maximum Gasteiger partial charge on any atom is 0.416 e. The molecule has 0 saturated carbocycles. The van der Waals surface area contributed by atoms with E-state index in [0.717, 1.165) is 21.7 Å². The number of hydrogen-bond acceptors (Lipinski definition) is 5. The smallest absolute Gasteiger partial charge is 0.351 e. The molecule has 0 radical (unpaired) electrons. The Hall–Kier alpha value is -2.70. The number of alkyl halides is 3. The van der Waals surface area contributed by atoms with Crippen LogP contribution in [0.25, 0.3) is 5.69 Å². The standard InChI is InChI=1S/C20H21F3N4O3S2/c1-13-9-14(2)27(25-13)16-7-6-15(17(10-16)20(21,22)23)11-24-18(28)12-26(3)32(29,30)19-5-4-8-31-19/h4-10H,11-12H2,1-3H3,(H,24,28). The fourth-order valence-corrected chi connectivity index (χ4v) is 5.43. The molecule has 1 N–H and O–H groups in total. The Balaban J connectivity index is 1.75. The molecule has 0 fully saturated rings. The Labute approximate surface area is 187 Å². The van der Waals surface area contributed by atoms with Crippen LogP contribution < -0.4 is 5.32 Å². The SMILES string of the molecule is Cc1cc(C)n(-c2ccc(CNC(=O)CN(C)S(=O)(=O)c3cccs3)c(C(F)(F)F)c2)n1. The van der Waals surface area contributed by atoms with Gasteiger partial charge in [0.1, 0.15) is 4.21 Å². The fourth-order valence-electron chi connectivity index (χ4n) is 3.11. The van der Waals surface area contributed by atoms with Crippen LogP contribution in [0.4, 0.5) is 13.2 Å². The lowest BCUT2D eigenvalue weighted by Gasteiger charge is -2.18. The lowest BCUT2D eigenvalue weighted by molar-refractivity contribution is -0.138. The number of nitrogens with one attached hydrogen (secondary N) is 1. The minimum atomic E-state index is -4.65. The van der Waals surface area contributed by atoms with Crippen LogP contribution in [0.3, 0.4) is 0 Å². The molecule has 0 aliphatic rings. The van der Waals surface area contributed by atoms with Gasteiger partial charge in [-0.3, -0.25) is 4.79 Å². The van der Waals surface area contributed by atoms with E-state index >= 15 is 0 Å². The summed E-state index contributed by atoms with van der Waals surface area (Å²) in [6.07, 6.45) is -4.65. The summed E-state index contributed by atoms with van der Waals surface area (Å²) in [5.74, 6) is -0.719. The normalized spacial score (nSPS) is 12.3. The molecule has 0 unspecified atom stereocenters. The number of aryl methyl sites for hydroxylation is 2. The number of amides is 1. The van der Waals surface area contributed by atoms with Crippen molar-refractivity contribution in [2.45, 2.75) is 30.8 Å². The third kappa shape index (κ3) is 5.19. The number of sulfonamides is 1. The van der Waals surface area contributed by atoms with E-state index in [0.29, 0.717) is 11.4 Å². The lowest BCUT2D eigenvalue weighted by atomic mass is 10.1. The molecule has 172 valence electrons. The highest BCUT2D eigenvalue weighted by atomic mass is 32.2. The molecule has 0 aliphatic heterocycles. The summed E-state index contributed by atoms with van der Waals surface area (Å²) >= 11 is 1.01. The van der Waals surface area contributed by atoms with Gasteiger partial charge in [-0.1, -0.05) is 12.1 Å². The first kappa shape index (κ1) is 24.0. The molecular formula is C20H21F3N4O3S2. The summed E-state index contributed by atoms with van der Waals surface area (Å²) in [7, 11) is -2.61. The van der Waals surface area contributed by atoms with Gasteiger partial charge in [-0.05, 0) is 49.1 Å². The largest absolute Gasteiger partial charge is 0.416 e. The van der Waals surface area contributed by atoms with Gasteiger partial charge in [0.2, 0.25) is 5.91 Å². The predicted molar refractivity (Wildman–Crippen MR) is 114 cm³/mol. The van der Waals surface area contributed by atoms with Crippen LogP contribution >= 0.6 is 11.3 Å². The van der Waals surface area contributed by atoms with E-state index in [2.05, 4.69) is 10.4 Å². The molecule has 1 aromatic carbocycles. The topological polar surface area (TPSA) is 84.3 Å². The molecule has 1 amide bonds. The average Bonchev–Trinajstić information content (AvgIpc) is 3.35. The van der Waals surface area contributed by atoms with Crippen LogP contribution in [0.1, 0.15) is 22.5 Å². The van der Waals surface area contributed by atoms with Gasteiger partial charge in [0.25, 0.3) is 10.0 Å². The summed E-state index contributed by atoms with van der Waals surface area (Å²) in [6, 6.07) is 8.48. The molecule has 0 bridgehead atoms. The number of carbonyl (C=O) groups is 1. The van der Waals surface area contributed by atoms with Gasteiger partial charge in [0.15, 0.2) is 0 Å². The number of benzene rings is 1. The second kappa shape index (κ2) is 9.04. The maximum atomic E-state index is 13.7. The number of aromatic nitrogens is 2. The van der Waals surface area contributed by atoms with Crippen molar-refractivity contribution in [2.24, 2.45) is 0 Å². The zero-order valence-electron chi connectivity index (χ0n) is 17.5. The number of nitrogens with zero attached hydrogens (tertiary/aromatic N) is 3. The maximum absolute atomic E-state index is 13.7. The van der Waals surface area contributed by atoms with Crippen LogP contribution in [0.5, 0.6) is 0 Å². The van der Waals surface area contributed by atoms with Crippen LogP contribution in [-0.4, -0.2) is 42.0 Å². The molecule has 12 heteroatoms. The fraction of sp³-hybridized carbons (Fsp3) is 0.300. The quantitative estimate of drug-likeness (QED) is 0.554. The van der Waals surface area contributed by atoms with Gasteiger partial charge < -0.3 is 5.32 Å². The van der Waals surface area contributed by atoms with E-state index < -0.39 is 40.8 Å². The van der Waals surface area contributed by atoms with Gasteiger partial charge in [-0.2, -0.15) is 22.6 Å². The molecule has 3 aromatic rings. The van der Waals surface area contributed by atoms with E-state index in [1.807, 2.05) is 0 Å². The first-order chi connectivity index (χ1) is 14.9.